The van der Waals surface area contributed by atoms with E-state index < -0.39 is 0 Å². The van der Waals surface area contributed by atoms with Crippen LogP contribution in [0.25, 0.3) is 11.0 Å². The van der Waals surface area contributed by atoms with Crippen molar-refractivity contribution in [3.8, 4) is 0 Å². The van der Waals surface area contributed by atoms with Gasteiger partial charge in [-0.25, -0.2) is 0 Å². The third-order valence-electron chi connectivity index (χ3n) is 2.74. The number of furan rings is 1. The van der Waals surface area contributed by atoms with E-state index in [1.165, 1.54) is 0 Å². The predicted molar refractivity (Wildman–Crippen MR) is 66.3 cm³/mol. The van der Waals surface area contributed by atoms with Crippen LogP contribution in [-0.4, -0.2) is 15.8 Å². The van der Waals surface area contributed by atoms with E-state index in [9.17, 15) is 4.79 Å². The summed E-state index contributed by atoms with van der Waals surface area (Å²) in [6.07, 6.45) is 6.66. The summed E-state index contributed by atoms with van der Waals surface area (Å²) < 4.78 is 4.96. The third kappa shape index (κ3) is 1.88. The molecule has 4 heteroatoms. The number of hydrogen-bond acceptors (Lipinski definition) is 4. The van der Waals surface area contributed by atoms with Gasteiger partial charge in [-0.2, -0.15) is 0 Å². The van der Waals surface area contributed by atoms with Crippen molar-refractivity contribution in [2.75, 3.05) is 0 Å². The molecule has 88 valence electrons. The molecular weight excluding hydrogens is 228 g/mol. The van der Waals surface area contributed by atoms with Crippen LogP contribution < -0.4 is 0 Å². The Kier molecular flexibility index (Phi) is 2.61. The van der Waals surface area contributed by atoms with Crippen LogP contribution in [-0.2, 0) is 6.42 Å². The minimum Gasteiger partial charge on any atom is -0.472 e. The van der Waals surface area contributed by atoms with Gasteiger partial charge in [-0.05, 0) is 23.8 Å². The van der Waals surface area contributed by atoms with Crippen LogP contribution in [0.5, 0.6) is 0 Å². The van der Waals surface area contributed by atoms with Crippen molar-refractivity contribution in [2.24, 2.45) is 0 Å². The number of fused-ring (bicyclic) bond motifs is 1. The highest BCUT2D eigenvalue weighted by Crippen LogP contribution is 2.16. The Morgan fingerprint density at radius 3 is 2.89 bits per heavy atom. The van der Waals surface area contributed by atoms with E-state index in [2.05, 4.69) is 9.97 Å². The molecule has 2 heterocycles. The highest BCUT2D eigenvalue weighted by molar-refractivity contribution is 6.06. The second-order valence-electron chi connectivity index (χ2n) is 3.96. The molecule has 0 atom stereocenters. The van der Waals surface area contributed by atoms with Crippen LogP contribution in [0, 0.1) is 0 Å². The number of rotatable bonds is 3. The molecule has 0 amide bonds. The SMILES string of the molecule is O=C(Cc1ccoc1)c1cccc2nccnc12. The van der Waals surface area contributed by atoms with Crippen LogP contribution in [0.4, 0.5) is 0 Å². The maximum atomic E-state index is 12.2. The third-order valence-corrected chi connectivity index (χ3v) is 2.74. The molecule has 4 nitrogen and oxygen atoms in total. The van der Waals surface area contributed by atoms with Crippen molar-refractivity contribution in [3.05, 3.63) is 60.3 Å². The molecule has 0 fully saturated rings. The average Bonchev–Trinajstić information content (AvgIpc) is 2.91. The first-order valence-corrected chi connectivity index (χ1v) is 5.58. The first kappa shape index (κ1) is 10.7. The molecule has 0 unspecified atom stereocenters. The minimum absolute atomic E-state index is 0.0162. The fourth-order valence-corrected chi connectivity index (χ4v) is 1.89. The van der Waals surface area contributed by atoms with Gasteiger partial charge in [0.15, 0.2) is 5.78 Å². The van der Waals surface area contributed by atoms with Gasteiger partial charge in [-0.3, -0.25) is 14.8 Å². The van der Waals surface area contributed by atoms with E-state index in [-0.39, 0.29) is 5.78 Å². The maximum Gasteiger partial charge on any atom is 0.169 e. The fourth-order valence-electron chi connectivity index (χ4n) is 1.89. The zero-order valence-electron chi connectivity index (χ0n) is 9.54. The first-order valence-electron chi connectivity index (χ1n) is 5.58. The molecule has 0 saturated heterocycles. The van der Waals surface area contributed by atoms with E-state index >= 15 is 0 Å². The molecule has 1 aromatic carbocycles. The highest BCUT2D eigenvalue weighted by atomic mass is 16.3. The van der Waals surface area contributed by atoms with Crippen LogP contribution in [0.2, 0.25) is 0 Å². The summed E-state index contributed by atoms with van der Waals surface area (Å²) in [5.74, 6) is 0.0162. The van der Waals surface area contributed by atoms with E-state index in [0.29, 0.717) is 17.5 Å². The van der Waals surface area contributed by atoms with E-state index in [1.54, 1.807) is 37.1 Å². The zero-order valence-corrected chi connectivity index (χ0v) is 9.54. The van der Waals surface area contributed by atoms with Gasteiger partial charge >= 0.3 is 0 Å². The lowest BCUT2D eigenvalue weighted by Crippen LogP contribution is -2.04. The molecule has 0 radical (unpaired) electrons. The number of Topliss-reactive ketones (excluding diaryl/α,β-unsaturated/α-hetero) is 1. The zero-order chi connectivity index (χ0) is 12.4. The van der Waals surface area contributed by atoms with Crippen molar-refractivity contribution in [3.63, 3.8) is 0 Å². The van der Waals surface area contributed by atoms with Gasteiger partial charge in [0.2, 0.25) is 0 Å². The lowest BCUT2D eigenvalue weighted by molar-refractivity contribution is 0.0994. The predicted octanol–water partition coefficient (Wildman–Crippen LogP) is 2.65. The van der Waals surface area contributed by atoms with E-state index in [0.717, 1.165) is 11.1 Å². The molecule has 0 N–H and O–H groups in total. The number of para-hydroxylation sites is 1. The number of hydrogen-bond donors (Lipinski definition) is 0. The van der Waals surface area contributed by atoms with Crippen molar-refractivity contribution in [1.82, 2.24) is 9.97 Å². The molecule has 0 aliphatic rings. The number of benzene rings is 1. The Hall–Kier alpha value is -2.49. The monoisotopic (exact) mass is 238 g/mol. The Balaban J connectivity index is 2.01. The highest BCUT2D eigenvalue weighted by Gasteiger charge is 2.12. The van der Waals surface area contributed by atoms with Gasteiger partial charge < -0.3 is 4.42 Å². The second-order valence-corrected chi connectivity index (χ2v) is 3.96. The normalized spacial score (nSPS) is 10.7. The van der Waals surface area contributed by atoms with Crippen molar-refractivity contribution < 1.29 is 9.21 Å². The lowest BCUT2D eigenvalue weighted by atomic mass is 10.0. The largest absolute Gasteiger partial charge is 0.472 e. The smallest absolute Gasteiger partial charge is 0.169 e. The maximum absolute atomic E-state index is 12.2. The summed E-state index contributed by atoms with van der Waals surface area (Å²) in [5, 5.41) is 0. The molecule has 0 aliphatic carbocycles. The summed E-state index contributed by atoms with van der Waals surface area (Å²) in [7, 11) is 0. The van der Waals surface area contributed by atoms with Gasteiger partial charge in [-0.15, -0.1) is 0 Å². The van der Waals surface area contributed by atoms with Gasteiger partial charge in [-0.1, -0.05) is 6.07 Å². The number of ketones is 1. The Bertz CT molecular complexity index is 685. The van der Waals surface area contributed by atoms with Crippen LogP contribution >= 0.6 is 0 Å². The van der Waals surface area contributed by atoms with Crippen LogP contribution in [0.15, 0.2) is 53.6 Å². The molecule has 3 aromatic rings. The number of nitrogens with zero attached hydrogens (tertiary/aromatic N) is 2. The number of carbonyl (C=O) groups excluding carboxylic acids is 1. The summed E-state index contributed by atoms with van der Waals surface area (Å²) in [5.41, 5.74) is 2.84. The van der Waals surface area contributed by atoms with Gasteiger partial charge in [0.1, 0.15) is 0 Å². The average molecular weight is 238 g/mol. The summed E-state index contributed by atoms with van der Waals surface area (Å²) in [6.45, 7) is 0. The summed E-state index contributed by atoms with van der Waals surface area (Å²) in [4.78, 5) is 20.6. The first-order chi connectivity index (χ1) is 8.84. The summed E-state index contributed by atoms with van der Waals surface area (Å²) in [6, 6.07) is 7.23. The summed E-state index contributed by atoms with van der Waals surface area (Å²) >= 11 is 0. The van der Waals surface area contributed by atoms with Crippen LogP contribution in [0.3, 0.4) is 0 Å². The Morgan fingerprint density at radius 1 is 1.17 bits per heavy atom. The lowest BCUT2D eigenvalue weighted by Gasteiger charge is -2.03. The molecule has 0 spiro atoms. The van der Waals surface area contributed by atoms with Gasteiger partial charge in [0.25, 0.3) is 0 Å². The topological polar surface area (TPSA) is 56.0 Å². The molecular formula is C14H10N2O2. The number of aromatic nitrogens is 2. The molecule has 3 rings (SSSR count). The molecule has 18 heavy (non-hydrogen) atoms. The standard InChI is InChI=1S/C14H10N2O2/c17-13(8-10-4-7-18-9-10)11-2-1-3-12-14(11)16-6-5-15-12/h1-7,9H,8H2. The number of carbonyl (C=O) groups is 1. The van der Waals surface area contributed by atoms with Crippen LogP contribution in [0.1, 0.15) is 15.9 Å². The van der Waals surface area contributed by atoms with Crippen molar-refractivity contribution in [1.29, 1.82) is 0 Å². The second kappa shape index (κ2) is 4.41. The quantitative estimate of drug-likeness (QED) is 0.658. The van der Waals surface area contributed by atoms with Crippen molar-refractivity contribution in [2.45, 2.75) is 6.42 Å². The van der Waals surface area contributed by atoms with Crippen molar-refractivity contribution >= 4 is 16.8 Å². The minimum atomic E-state index is 0.0162. The molecule has 0 aliphatic heterocycles. The Morgan fingerprint density at radius 2 is 2.06 bits per heavy atom. The van der Waals surface area contributed by atoms with Gasteiger partial charge in [0.05, 0.1) is 23.6 Å². The molecule has 0 bridgehead atoms. The molecule has 2 aromatic heterocycles. The van der Waals surface area contributed by atoms with E-state index in [4.69, 9.17) is 4.42 Å². The Labute approximate surface area is 103 Å². The fraction of sp³-hybridized carbons (Fsp3) is 0.0714. The van der Waals surface area contributed by atoms with E-state index in [1.807, 2.05) is 12.1 Å². The molecule has 0 saturated carbocycles. The van der Waals surface area contributed by atoms with Gasteiger partial charge in [0, 0.05) is 24.4 Å².